The number of urea groups is 1. The molecule has 0 spiro atoms. The molecule has 104 valence electrons. The molecule has 20 heavy (non-hydrogen) atoms. The van der Waals surface area contributed by atoms with Gasteiger partial charge in [-0.15, -0.1) is 10.2 Å². The number of H-pyrrole nitrogens is 1. The van der Waals surface area contributed by atoms with E-state index in [1.807, 2.05) is 0 Å². The molecule has 0 fully saturated rings. The molecule has 2 rings (SSSR count). The normalized spacial score (nSPS) is 10.0. The molecule has 4 N–H and O–H groups in total. The maximum Gasteiger partial charge on any atom is 0.319 e. The fraction of sp³-hybridized carbons (Fsp3) is 0.182. The van der Waals surface area contributed by atoms with E-state index < -0.39 is 12.0 Å². The molecule has 0 saturated heterocycles. The Labute approximate surface area is 113 Å². The Morgan fingerprint density at radius 2 is 2.00 bits per heavy atom. The van der Waals surface area contributed by atoms with Gasteiger partial charge in [0, 0.05) is 5.69 Å². The summed E-state index contributed by atoms with van der Waals surface area (Å²) < 4.78 is 0. The van der Waals surface area contributed by atoms with Crippen LogP contribution in [0.15, 0.2) is 24.3 Å². The Balaban J connectivity index is 1.83. The Kier molecular flexibility index (Phi) is 4.22. The average molecular weight is 276 g/mol. The highest BCUT2D eigenvalue weighted by atomic mass is 16.4. The van der Waals surface area contributed by atoms with Crippen LogP contribution in [0.2, 0.25) is 0 Å². The number of hydrogen-bond donors (Lipinski definition) is 4. The van der Waals surface area contributed by atoms with Crippen molar-refractivity contribution < 1.29 is 14.7 Å². The minimum atomic E-state index is -0.899. The quantitative estimate of drug-likeness (QED) is 0.614. The van der Waals surface area contributed by atoms with Crippen molar-refractivity contribution in [2.45, 2.75) is 13.0 Å². The number of nitrogens with one attached hydrogen (secondary N) is 3. The zero-order valence-electron chi connectivity index (χ0n) is 10.3. The minimum absolute atomic E-state index is 0.0513. The third-order valence-electron chi connectivity index (χ3n) is 2.36. The average Bonchev–Trinajstić information content (AvgIpc) is 2.91. The summed E-state index contributed by atoms with van der Waals surface area (Å²) in [6, 6.07) is 6.13. The maximum absolute atomic E-state index is 11.6. The fourth-order valence-electron chi connectivity index (χ4n) is 1.47. The minimum Gasteiger partial charge on any atom is -0.481 e. The van der Waals surface area contributed by atoms with Gasteiger partial charge in [-0.1, -0.05) is 17.3 Å². The Hall–Kier alpha value is -2.97. The molecule has 2 aromatic rings. The van der Waals surface area contributed by atoms with Gasteiger partial charge in [-0.2, -0.15) is 5.21 Å². The second kappa shape index (κ2) is 6.27. The topological polar surface area (TPSA) is 133 Å². The zero-order valence-corrected chi connectivity index (χ0v) is 10.3. The first kappa shape index (κ1) is 13.5. The van der Waals surface area contributed by atoms with Crippen LogP contribution in [0.4, 0.5) is 10.5 Å². The number of tetrazole rings is 1. The molecule has 1 aromatic heterocycles. The number of aromatic nitrogens is 4. The highest BCUT2D eigenvalue weighted by molar-refractivity contribution is 5.89. The van der Waals surface area contributed by atoms with E-state index in [0.29, 0.717) is 17.1 Å². The summed E-state index contributed by atoms with van der Waals surface area (Å²) in [5.41, 5.74) is 1.22. The summed E-state index contributed by atoms with van der Waals surface area (Å²) in [6.45, 7) is 0.152. The summed E-state index contributed by atoms with van der Waals surface area (Å²) in [7, 11) is 0. The van der Waals surface area contributed by atoms with Gasteiger partial charge >= 0.3 is 12.0 Å². The van der Waals surface area contributed by atoms with Gasteiger partial charge in [0.1, 0.15) is 0 Å². The second-order valence-corrected chi connectivity index (χ2v) is 3.90. The molecular weight excluding hydrogens is 264 g/mol. The third kappa shape index (κ3) is 4.05. The monoisotopic (exact) mass is 276 g/mol. The lowest BCUT2D eigenvalue weighted by Crippen LogP contribution is -2.28. The van der Waals surface area contributed by atoms with Crippen molar-refractivity contribution in [3.63, 3.8) is 0 Å². The summed E-state index contributed by atoms with van der Waals surface area (Å²) in [4.78, 5) is 22.1. The molecule has 0 aliphatic heterocycles. The number of aliphatic carboxylic acids is 1. The summed E-state index contributed by atoms with van der Waals surface area (Å²) in [5, 5.41) is 26.8. The smallest absolute Gasteiger partial charge is 0.319 e. The molecule has 0 radical (unpaired) electrons. The van der Waals surface area contributed by atoms with Gasteiger partial charge in [0.15, 0.2) is 5.82 Å². The van der Waals surface area contributed by atoms with Crippen LogP contribution in [-0.4, -0.2) is 37.7 Å². The largest absolute Gasteiger partial charge is 0.481 e. The maximum atomic E-state index is 11.6. The van der Waals surface area contributed by atoms with Gasteiger partial charge in [0.25, 0.3) is 0 Å². The summed E-state index contributed by atoms with van der Waals surface area (Å²) in [5.74, 6) is -0.527. The molecular formula is C11H12N6O3. The molecule has 1 aromatic carbocycles. The van der Waals surface area contributed by atoms with Crippen molar-refractivity contribution in [1.82, 2.24) is 25.9 Å². The predicted octanol–water partition coefficient (Wildman–Crippen LogP) is 0.148. The number of carboxylic acid groups (broad SMARTS) is 1. The molecule has 9 heteroatoms. The number of carboxylic acids is 1. The van der Waals surface area contributed by atoms with Crippen molar-refractivity contribution in [2.24, 2.45) is 0 Å². The molecule has 2 amide bonds. The van der Waals surface area contributed by atoms with Crippen LogP contribution in [0.1, 0.15) is 11.4 Å². The summed E-state index contributed by atoms with van der Waals surface area (Å²) >= 11 is 0. The molecule has 0 unspecified atom stereocenters. The number of anilines is 1. The van der Waals surface area contributed by atoms with Crippen LogP contribution in [-0.2, 0) is 17.8 Å². The van der Waals surface area contributed by atoms with Gasteiger partial charge in [0.2, 0.25) is 0 Å². The standard InChI is InChI=1S/C11H12N6O3/c18-10(19)5-7-1-3-8(4-2-7)13-11(20)12-6-9-14-16-17-15-9/h1-4H,5-6H2,(H,18,19)(H2,12,13,20)(H,14,15,16,17). The SMILES string of the molecule is O=C(O)Cc1ccc(NC(=O)NCc2nn[nH]n2)cc1. The second-order valence-electron chi connectivity index (χ2n) is 3.90. The Morgan fingerprint density at radius 3 is 2.60 bits per heavy atom. The Morgan fingerprint density at radius 1 is 1.25 bits per heavy atom. The van der Waals surface area contributed by atoms with Crippen molar-refractivity contribution >= 4 is 17.7 Å². The van der Waals surface area contributed by atoms with Gasteiger partial charge < -0.3 is 15.7 Å². The molecule has 0 bridgehead atoms. The first-order valence-electron chi connectivity index (χ1n) is 5.71. The van der Waals surface area contributed by atoms with Gasteiger partial charge in [-0.3, -0.25) is 4.79 Å². The van der Waals surface area contributed by atoms with E-state index in [1.54, 1.807) is 24.3 Å². The number of hydrogen-bond acceptors (Lipinski definition) is 5. The van der Waals surface area contributed by atoms with Gasteiger partial charge in [0.05, 0.1) is 13.0 Å². The summed E-state index contributed by atoms with van der Waals surface area (Å²) in [6.07, 6.45) is -0.0513. The number of carbonyl (C=O) groups is 2. The van der Waals surface area contributed by atoms with Crippen LogP contribution >= 0.6 is 0 Å². The van der Waals surface area contributed by atoms with E-state index in [4.69, 9.17) is 5.11 Å². The number of carbonyl (C=O) groups excluding carboxylic acids is 1. The highest BCUT2D eigenvalue weighted by Crippen LogP contribution is 2.09. The molecule has 0 atom stereocenters. The highest BCUT2D eigenvalue weighted by Gasteiger charge is 2.05. The first-order valence-corrected chi connectivity index (χ1v) is 5.71. The van der Waals surface area contributed by atoms with E-state index >= 15 is 0 Å². The van der Waals surface area contributed by atoms with E-state index in [2.05, 4.69) is 31.3 Å². The van der Waals surface area contributed by atoms with Gasteiger partial charge in [-0.25, -0.2) is 4.79 Å². The van der Waals surface area contributed by atoms with E-state index in [9.17, 15) is 9.59 Å². The number of aromatic amines is 1. The fourth-order valence-corrected chi connectivity index (χ4v) is 1.47. The van der Waals surface area contributed by atoms with E-state index in [-0.39, 0.29) is 13.0 Å². The number of nitrogens with zero attached hydrogens (tertiary/aromatic N) is 3. The first-order chi connectivity index (χ1) is 9.63. The van der Waals surface area contributed by atoms with Crippen molar-refractivity contribution in [3.05, 3.63) is 35.7 Å². The van der Waals surface area contributed by atoms with Crippen LogP contribution in [0.3, 0.4) is 0 Å². The number of benzene rings is 1. The molecule has 0 aliphatic carbocycles. The van der Waals surface area contributed by atoms with Crippen LogP contribution < -0.4 is 10.6 Å². The lowest BCUT2D eigenvalue weighted by Gasteiger charge is -2.06. The Bertz CT molecular complexity index is 581. The van der Waals surface area contributed by atoms with Crippen molar-refractivity contribution in [1.29, 1.82) is 0 Å². The lowest BCUT2D eigenvalue weighted by atomic mass is 10.1. The lowest BCUT2D eigenvalue weighted by molar-refractivity contribution is -0.136. The number of amides is 2. The molecule has 9 nitrogen and oxygen atoms in total. The third-order valence-corrected chi connectivity index (χ3v) is 2.36. The van der Waals surface area contributed by atoms with E-state index in [0.717, 1.165) is 0 Å². The number of rotatable bonds is 5. The van der Waals surface area contributed by atoms with Crippen LogP contribution in [0, 0.1) is 0 Å². The van der Waals surface area contributed by atoms with Gasteiger partial charge in [-0.05, 0) is 17.7 Å². The zero-order chi connectivity index (χ0) is 14.4. The predicted molar refractivity (Wildman–Crippen MR) is 67.8 cm³/mol. The van der Waals surface area contributed by atoms with Crippen LogP contribution in [0.25, 0.3) is 0 Å². The van der Waals surface area contributed by atoms with E-state index in [1.165, 1.54) is 0 Å². The van der Waals surface area contributed by atoms with Crippen LogP contribution in [0.5, 0.6) is 0 Å². The molecule has 0 saturated carbocycles. The molecule has 1 heterocycles. The molecule has 0 aliphatic rings. The van der Waals surface area contributed by atoms with Crippen molar-refractivity contribution in [2.75, 3.05) is 5.32 Å². The van der Waals surface area contributed by atoms with Crippen molar-refractivity contribution in [3.8, 4) is 0 Å².